The van der Waals surface area contributed by atoms with Crippen LogP contribution in [-0.2, 0) is 0 Å². The molecular formula is C13H19BrN2O. The summed E-state index contributed by atoms with van der Waals surface area (Å²) >= 11 is 3.33. The smallest absolute Gasteiger partial charge is 0.214 e. The van der Waals surface area contributed by atoms with E-state index in [1.807, 2.05) is 18.2 Å². The maximum Gasteiger partial charge on any atom is 0.214 e. The summed E-state index contributed by atoms with van der Waals surface area (Å²) in [6, 6.07) is 5.74. The minimum atomic E-state index is 0.709. The van der Waals surface area contributed by atoms with Crippen LogP contribution in [0.2, 0.25) is 0 Å². The predicted molar refractivity (Wildman–Crippen MR) is 72.3 cm³/mol. The van der Waals surface area contributed by atoms with Crippen molar-refractivity contribution in [2.24, 2.45) is 5.92 Å². The lowest BCUT2D eigenvalue weighted by molar-refractivity contribution is 0.268. The van der Waals surface area contributed by atoms with Gasteiger partial charge in [0.05, 0.1) is 6.61 Å². The van der Waals surface area contributed by atoms with Gasteiger partial charge in [-0.25, -0.2) is 4.98 Å². The van der Waals surface area contributed by atoms with Crippen molar-refractivity contribution in [3.05, 3.63) is 22.8 Å². The summed E-state index contributed by atoms with van der Waals surface area (Å²) in [6.07, 6.45) is 5.04. The Balaban J connectivity index is 1.62. The first-order valence-electron chi connectivity index (χ1n) is 6.30. The third-order valence-electron chi connectivity index (χ3n) is 3.10. The molecule has 0 aliphatic carbocycles. The number of rotatable bonds is 5. The van der Waals surface area contributed by atoms with E-state index in [2.05, 4.69) is 26.2 Å². The van der Waals surface area contributed by atoms with Gasteiger partial charge in [-0.15, -0.1) is 0 Å². The molecule has 0 bridgehead atoms. The molecule has 1 saturated heterocycles. The van der Waals surface area contributed by atoms with Crippen molar-refractivity contribution in [2.75, 3.05) is 19.7 Å². The highest BCUT2D eigenvalue weighted by atomic mass is 79.9. The maximum absolute atomic E-state index is 5.62. The largest absolute Gasteiger partial charge is 0.478 e. The van der Waals surface area contributed by atoms with E-state index in [1.54, 1.807) is 0 Å². The molecule has 1 N–H and O–H groups in total. The van der Waals surface area contributed by atoms with E-state index < -0.39 is 0 Å². The van der Waals surface area contributed by atoms with Gasteiger partial charge >= 0.3 is 0 Å². The number of hydrogen-bond acceptors (Lipinski definition) is 3. The molecule has 94 valence electrons. The summed E-state index contributed by atoms with van der Waals surface area (Å²) in [4.78, 5) is 4.24. The minimum absolute atomic E-state index is 0.709. The highest BCUT2D eigenvalue weighted by Crippen LogP contribution is 2.17. The van der Waals surface area contributed by atoms with E-state index in [0.29, 0.717) is 5.88 Å². The molecule has 2 heterocycles. The lowest BCUT2D eigenvalue weighted by atomic mass is 9.95. The molecule has 0 amide bonds. The maximum atomic E-state index is 5.62. The summed E-state index contributed by atoms with van der Waals surface area (Å²) in [6.45, 7) is 3.13. The van der Waals surface area contributed by atoms with Crippen molar-refractivity contribution in [3.63, 3.8) is 0 Å². The molecule has 1 fully saturated rings. The van der Waals surface area contributed by atoms with Gasteiger partial charge in [-0.05, 0) is 66.7 Å². The fourth-order valence-electron chi connectivity index (χ4n) is 2.19. The van der Waals surface area contributed by atoms with Crippen LogP contribution in [0.25, 0.3) is 0 Å². The van der Waals surface area contributed by atoms with Gasteiger partial charge in [0.25, 0.3) is 0 Å². The number of pyridine rings is 1. The summed E-state index contributed by atoms with van der Waals surface area (Å²) in [5.41, 5.74) is 0. The highest BCUT2D eigenvalue weighted by molar-refractivity contribution is 9.10. The molecule has 1 aliphatic heterocycles. The lowest BCUT2D eigenvalue weighted by Gasteiger charge is -2.22. The van der Waals surface area contributed by atoms with Gasteiger partial charge in [-0.3, -0.25) is 0 Å². The monoisotopic (exact) mass is 298 g/mol. The van der Waals surface area contributed by atoms with Crippen LogP contribution < -0.4 is 10.1 Å². The van der Waals surface area contributed by atoms with Crippen LogP contribution in [0.5, 0.6) is 5.88 Å². The van der Waals surface area contributed by atoms with Crippen molar-refractivity contribution in [1.82, 2.24) is 10.3 Å². The zero-order valence-corrected chi connectivity index (χ0v) is 11.6. The second kappa shape index (κ2) is 6.97. The van der Waals surface area contributed by atoms with Gasteiger partial charge in [-0.2, -0.15) is 0 Å². The third kappa shape index (κ3) is 4.64. The van der Waals surface area contributed by atoms with Crippen molar-refractivity contribution in [1.29, 1.82) is 0 Å². The minimum Gasteiger partial charge on any atom is -0.478 e. The standard InChI is InChI=1S/C13H19BrN2O/c14-12-6-1-7-13(16-12)17-9-3-5-11-4-2-8-15-10-11/h1,6-7,11,15H,2-5,8-10H2. The fraction of sp³-hybridized carbons (Fsp3) is 0.615. The topological polar surface area (TPSA) is 34.1 Å². The quantitative estimate of drug-likeness (QED) is 0.670. The number of halogens is 1. The second-order valence-corrected chi connectivity index (χ2v) is 5.31. The van der Waals surface area contributed by atoms with Crippen molar-refractivity contribution >= 4 is 15.9 Å². The Morgan fingerprint density at radius 2 is 2.41 bits per heavy atom. The molecule has 1 aromatic rings. The second-order valence-electron chi connectivity index (χ2n) is 4.50. The van der Waals surface area contributed by atoms with Crippen LogP contribution in [0.3, 0.4) is 0 Å². The average Bonchev–Trinajstić information content (AvgIpc) is 2.36. The zero-order valence-electron chi connectivity index (χ0n) is 9.99. The van der Waals surface area contributed by atoms with E-state index in [-0.39, 0.29) is 0 Å². The first kappa shape index (κ1) is 12.8. The van der Waals surface area contributed by atoms with Crippen molar-refractivity contribution in [2.45, 2.75) is 25.7 Å². The molecule has 0 radical (unpaired) electrons. The Morgan fingerprint density at radius 1 is 1.47 bits per heavy atom. The van der Waals surface area contributed by atoms with Gasteiger partial charge in [0.1, 0.15) is 4.60 Å². The van der Waals surface area contributed by atoms with Crippen LogP contribution >= 0.6 is 15.9 Å². The Labute approximate surface area is 111 Å². The van der Waals surface area contributed by atoms with Crippen LogP contribution in [0.4, 0.5) is 0 Å². The number of nitrogens with zero attached hydrogens (tertiary/aromatic N) is 1. The zero-order chi connectivity index (χ0) is 11.9. The Morgan fingerprint density at radius 3 is 3.18 bits per heavy atom. The number of nitrogens with one attached hydrogen (secondary N) is 1. The lowest BCUT2D eigenvalue weighted by Crippen LogP contribution is -2.29. The molecule has 0 saturated carbocycles. The highest BCUT2D eigenvalue weighted by Gasteiger charge is 2.12. The summed E-state index contributed by atoms with van der Waals surface area (Å²) in [5.74, 6) is 1.55. The average molecular weight is 299 g/mol. The molecule has 4 heteroatoms. The first-order chi connectivity index (χ1) is 8.34. The van der Waals surface area contributed by atoms with Crippen LogP contribution in [0.15, 0.2) is 22.8 Å². The summed E-state index contributed by atoms with van der Waals surface area (Å²) in [5, 5.41) is 3.44. The van der Waals surface area contributed by atoms with Crippen LogP contribution in [0, 0.1) is 5.92 Å². The van der Waals surface area contributed by atoms with E-state index in [0.717, 1.165) is 23.5 Å². The first-order valence-corrected chi connectivity index (χ1v) is 7.10. The molecule has 0 spiro atoms. The normalized spacial score (nSPS) is 20.2. The van der Waals surface area contributed by atoms with Gasteiger partial charge in [0.2, 0.25) is 5.88 Å². The predicted octanol–water partition coefficient (Wildman–Crippen LogP) is 3.00. The Hall–Kier alpha value is -0.610. The number of aromatic nitrogens is 1. The number of piperidine rings is 1. The SMILES string of the molecule is Brc1cccc(OCCCC2CCCNC2)n1. The van der Waals surface area contributed by atoms with Crippen molar-refractivity contribution < 1.29 is 4.74 Å². The number of hydrogen-bond donors (Lipinski definition) is 1. The van der Waals surface area contributed by atoms with E-state index in [1.165, 1.54) is 32.4 Å². The summed E-state index contributed by atoms with van der Waals surface area (Å²) < 4.78 is 6.44. The molecule has 1 atom stereocenters. The van der Waals surface area contributed by atoms with E-state index in [4.69, 9.17) is 4.74 Å². The molecule has 1 aromatic heterocycles. The molecule has 1 aliphatic rings. The molecule has 2 rings (SSSR count). The van der Waals surface area contributed by atoms with Crippen LogP contribution in [0.1, 0.15) is 25.7 Å². The molecule has 17 heavy (non-hydrogen) atoms. The molecule has 1 unspecified atom stereocenters. The molecule has 3 nitrogen and oxygen atoms in total. The molecule has 0 aromatic carbocycles. The fourth-order valence-corrected chi connectivity index (χ4v) is 2.52. The Kier molecular flexibility index (Phi) is 5.26. The van der Waals surface area contributed by atoms with E-state index in [9.17, 15) is 0 Å². The summed E-state index contributed by atoms with van der Waals surface area (Å²) in [7, 11) is 0. The van der Waals surface area contributed by atoms with Crippen LogP contribution in [-0.4, -0.2) is 24.7 Å². The third-order valence-corrected chi connectivity index (χ3v) is 3.54. The van der Waals surface area contributed by atoms with E-state index >= 15 is 0 Å². The van der Waals surface area contributed by atoms with Gasteiger partial charge in [0, 0.05) is 6.07 Å². The Bertz CT molecular complexity index is 340. The number of ether oxygens (including phenoxy) is 1. The van der Waals surface area contributed by atoms with Gasteiger partial charge in [-0.1, -0.05) is 6.07 Å². The van der Waals surface area contributed by atoms with Gasteiger partial charge in [0.15, 0.2) is 0 Å². The van der Waals surface area contributed by atoms with Crippen molar-refractivity contribution in [3.8, 4) is 5.88 Å². The molecular weight excluding hydrogens is 280 g/mol. The van der Waals surface area contributed by atoms with Gasteiger partial charge < -0.3 is 10.1 Å².